The van der Waals surface area contributed by atoms with Crippen LogP contribution in [0.2, 0.25) is 19.6 Å². The lowest BCUT2D eigenvalue weighted by Gasteiger charge is -2.18. The molecule has 0 radical (unpaired) electrons. The summed E-state index contributed by atoms with van der Waals surface area (Å²) in [5.74, 6) is 0.984. The van der Waals surface area contributed by atoms with Crippen molar-refractivity contribution >= 4 is 14.4 Å². The molecule has 76 valence electrons. The Bertz CT molecular complexity index is 306. The molecule has 0 heterocycles. The molecular weight excluding hydrogens is 188 g/mol. The van der Waals surface area contributed by atoms with Crippen molar-refractivity contribution in [1.82, 2.24) is 0 Å². The summed E-state index contributed by atoms with van der Waals surface area (Å²) in [7, 11) is -1.45. The zero-order chi connectivity index (χ0) is 10.6. The molecule has 0 aliphatic carbocycles. The first-order valence-corrected chi connectivity index (χ1v) is 8.34. The van der Waals surface area contributed by atoms with Gasteiger partial charge in [0.25, 0.3) is 0 Å². The molecule has 0 unspecified atom stereocenters. The summed E-state index contributed by atoms with van der Waals surface area (Å²) < 4.78 is 5.85. The average molecular weight is 206 g/mol. The van der Waals surface area contributed by atoms with Crippen LogP contribution in [0.1, 0.15) is 12.5 Å². The Labute approximate surface area is 87.5 Å². The van der Waals surface area contributed by atoms with E-state index < -0.39 is 8.32 Å². The molecule has 0 saturated heterocycles. The molecule has 0 N–H and O–H groups in total. The van der Waals surface area contributed by atoms with Gasteiger partial charge in [0.2, 0.25) is 8.32 Å². The number of benzene rings is 1. The summed E-state index contributed by atoms with van der Waals surface area (Å²) in [5.41, 5.74) is 1.22. The van der Waals surface area contributed by atoms with E-state index in [9.17, 15) is 0 Å². The highest BCUT2D eigenvalue weighted by atomic mass is 28.4. The van der Waals surface area contributed by atoms with Gasteiger partial charge in [0, 0.05) is 0 Å². The van der Waals surface area contributed by atoms with Gasteiger partial charge < -0.3 is 4.43 Å². The molecule has 0 aliphatic rings. The van der Waals surface area contributed by atoms with Crippen molar-refractivity contribution in [1.29, 1.82) is 0 Å². The molecule has 0 aliphatic heterocycles. The maximum Gasteiger partial charge on any atom is 0.242 e. The van der Waals surface area contributed by atoms with E-state index in [0.717, 1.165) is 5.75 Å². The molecule has 0 atom stereocenters. The minimum absolute atomic E-state index is 0.984. The van der Waals surface area contributed by atoms with Crippen LogP contribution < -0.4 is 4.43 Å². The van der Waals surface area contributed by atoms with Crippen LogP contribution >= 0.6 is 0 Å². The first-order chi connectivity index (χ1) is 6.51. The topological polar surface area (TPSA) is 9.23 Å². The Balaban J connectivity index is 2.74. The molecule has 1 aromatic carbocycles. The average Bonchev–Trinajstić information content (AvgIpc) is 2.06. The van der Waals surface area contributed by atoms with Crippen LogP contribution in [0.3, 0.4) is 0 Å². The quantitative estimate of drug-likeness (QED) is 0.681. The van der Waals surface area contributed by atoms with Gasteiger partial charge in [-0.15, -0.1) is 0 Å². The fraction of sp³-hybridized carbons (Fsp3) is 0.333. The second kappa shape index (κ2) is 4.47. The second-order valence-electron chi connectivity index (χ2n) is 4.28. The molecule has 14 heavy (non-hydrogen) atoms. The van der Waals surface area contributed by atoms with E-state index in [1.165, 1.54) is 5.56 Å². The molecule has 1 aromatic rings. The number of rotatable bonds is 3. The highest BCUT2D eigenvalue weighted by molar-refractivity contribution is 6.70. The molecule has 0 fully saturated rings. The van der Waals surface area contributed by atoms with E-state index in [2.05, 4.69) is 37.8 Å². The fourth-order valence-electron chi connectivity index (χ4n) is 1.19. The highest BCUT2D eigenvalue weighted by Gasteiger charge is 2.15. The number of hydrogen-bond donors (Lipinski definition) is 0. The van der Waals surface area contributed by atoms with E-state index in [1.807, 2.05) is 25.1 Å². The third-order valence-corrected chi connectivity index (χ3v) is 2.51. The lowest BCUT2D eigenvalue weighted by Crippen LogP contribution is -2.29. The van der Waals surface area contributed by atoms with Crippen molar-refractivity contribution in [2.24, 2.45) is 0 Å². The second-order valence-corrected chi connectivity index (χ2v) is 8.71. The van der Waals surface area contributed by atoms with Gasteiger partial charge in [-0.1, -0.05) is 24.3 Å². The van der Waals surface area contributed by atoms with Gasteiger partial charge in [0.1, 0.15) is 5.75 Å². The Morgan fingerprint density at radius 1 is 1.07 bits per heavy atom. The molecular formula is C12H18OSi. The highest BCUT2D eigenvalue weighted by Crippen LogP contribution is 2.17. The molecule has 0 saturated carbocycles. The summed E-state index contributed by atoms with van der Waals surface area (Å²) in [6.07, 6.45) is 4.12. The third-order valence-electron chi connectivity index (χ3n) is 1.66. The molecule has 0 bridgehead atoms. The van der Waals surface area contributed by atoms with Gasteiger partial charge in [-0.3, -0.25) is 0 Å². The van der Waals surface area contributed by atoms with Crippen molar-refractivity contribution in [2.75, 3.05) is 0 Å². The largest absolute Gasteiger partial charge is 0.544 e. The summed E-state index contributed by atoms with van der Waals surface area (Å²) in [4.78, 5) is 0. The summed E-state index contributed by atoms with van der Waals surface area (Å²) >= 11 is 0. The summed E-state index contributed by atoms with van der Waals surface area (Å²) in [5, 5.41) is 0. The molecule has 2 heteroatoms. The summed E-state index contributed by atoms with van der Waals surface area (Å²) in [6.45, 7) is 8.58. The Morgan fingerprint density at radius 2 is 1.64 bits per heavy atom. The molecule has 1 rings (SSSR count). The monoisotopic (exact) mass is 206 g/mol. The van der Waals surface area contributed by atoms with Gasteiger partial charge in [0.15, 0.2) is 0 Å². The van der Waals surface area contributed by atoms with Crippen LogP contribution in [-0.4, -0.2) is 8.32 Å². The zero-order valence-corrected chi connectivity index (χ0v) is 10.4. The van der Waals surface area contributed by atoms with E-state index in [0.29, 0.717) is 0 Å². The maximum atomic E-state index is 5.85. The minimum Gasteiger partial charge on any atom is -0.544 e. The van der Waals surface area contributed by atoms with Crippen molar-refractivity contribution in [2.45, 2.75) is 26.6 Å². The molecule has 0 aromatic heterocycles. The van der Waals surface area contributed by atoms with Gasteiger partial charge >= 0.3 is 0 Å². The molecule has 0 amide bonds. The predicted octanol–water partition coefficient (Wildman–Crippen LogP) is 3.93. The fourth-order valence-corrected chi connectivity index (χ4v) is 2.04. The smallest absolute Gasteiger partial charge is 0.242 e. The molecule has 0 spiro atoms. The van der Waals surface area contributed by atoms with Gasteiger partial charge in [0.05, 0.1) is 0 Å². The lowest BCUT2D eigenvalue weighted by atomic mass is 10.2. The Kier molecular flexibility index (Phi) is 3.53. The van der Waals surface area contributed by atoms with Gasteiger partial charge in [-0.25, -0.2) is 0 Å². The first-order valence-electron chi connectivity index (χ1n) is 4.93. The normalized spacial score (nSPS) is 12.0. The van der Waals surface area contributed by atoms with Crippen molar-refractivity contribution < 1.29 is 4.43 Å². The van der Waals surface area contributed by atoms with Crippen molar-refractivity contribution in [3.05, 3.63) is 35.9 Å². The lowest BCUT2D eigenvalue weighted by molar-refractivity contribution is 0.557. The van der Waals surface area contributed by atoms with Gasteiger partial charge in [-0.05, 0) is 44.3 Å². The third kappa shape index (κ3) is 3.79. The predicted molar refractivity (Wildman–Crippen MR) is 65.1 cm³/mol. The van der Waals surface area contributed by atoms with Gasteiger partial charge in [-0.2, -0.15) is 0 Å². The van der Waals surface area contributed by atoms with E-state index in [-0.39, 0.29) is 0 Å². The SMILES string of the molecule is CC=Cc1ccc(O[Si](C)(C)C)cc1. The van der Waals surface area contributed by atoms with Crippen LogP contribution in [0.25, 0.3) is 6.08 Å². The Hall–Kier alpha value is -1.02. The minimum atomic E-state index is -1.45. The van der Waals surface area contributed by atoms with Crippen LogP contribution in [0, 0.1) is 0 Å². The van der Waals surface area contributed by atoms with Crippen molar-refractivity contribution in [3.8, 4) is 5.75 Å². The van der Waals surface area contributed by atoms with E-state index in [1.54, 1.807) is 0 Å². The van der Waals surface area contributed by atoms with E-state index >= 15 is 0 Å². The van der Waals surface area contributed by atoms with Crippen LogP contribution in [0.4, 0.5) is 0 Å². The van der Waals surface area contributed by atoms with Crippen LogP contribution in [-0.2, 0) is 0 Å². The zero-order valence-electron chi connectivity index (χ0n) is 9.37. The maximum absolute atomic E-state index is 5.85. The van der Waals surface area contributed by atoms with E-state index in [4.69, 9.17) is 4.43 Å². The first kappa shape index (κ1) is 11.1. The van der Waals surface area contributed by atoms with Crippen LogP contribution in [0.5, 0.6) is 5.75 Å². The Morgan fingerprint density at radius 3 is 2.07 bits per heavy atom. The van der Waals surface area contributed by atoms with Crippen molar-refractivity contribution in [3.63, 3.8) is 0 Å². The number of hydrogen-bond acceptors (Lipinski definition) is 1. The summed E-state index contributed by atoms with van der Waals surface area (Å²) in [6, 6.07) is 8.23. The number of allylic oxidation sites excluding steroid dienone is 1. The molecule has 1 nitrogen and oxygen atoms in total. The standard InChI is InChI=1S/C12H18OSi/c1-5-6-11-7-9-12(10-8-11)13-14(2,3)4/h5-10H,1-4H3. The van der Waals surface area contributed by atoms with Crippen LogP contribution in [0.15, 0.2) is 30.3 Å².